The van der Waals surface area contributed by atoms with E-state index in [1.54, 1.807) is 7.11 Å². The molecule has 0 fully saturated rings. The number of quaternary nitrogens is 1. The van der Waals surface area contributed by atoms with Crippen LogP contribution in [0.15, 0.2) is 48.5 Å². The van der Waals surface area contributed by atoms with Crippen molar-refractivity contribution in [1.82, 2.24) is 0 Å². The molecule has 0 unspecified atom stereocenters. The van der Waals surface area contributed by atoms with Gasteiger partial charge in [-0.05, 0) is 23.8 Å². The third-order valence-electron chi connectivity index (χ3n) is 3.01. The molecule has 0 atom stereocenters. The monoisotopic (exact) mass is 258 g/mol. The first-order valence-electron chi connectivity index (χ1n) is 6.46. The normalized spacial score (nSPS) is 10.2. The van der Waals surface area contributed by atoms with Gasteiger partial charge in [-0.15, -0.1) is 0 Å². The summed E-state index contributed by atoms with van der Waals surface area (Å²) < 4.78 is 11.1. The fraction of sp³-hybridized carbons (Fsp3) is 0.250. The highest BCUT2D eigenvalue weighted by Gasteiger charge is 2.05. The molecule has 2 aromatic rings. The van der Waals surface area contributed by atoms with Crippen LogP contribution in [0.25, 0.3) is 0 Å². The summed E-state index contributed by atoms with van der Waals surface area (Å²) in [4.78, 5) is 0. The van der Waals surface area contributed by atoms with E-state index < -0.39 is 0 Å². The van der Waals surface area contributed by atoms with E-state index in [9.17, 15) is 0 Å². The van der Waals surface area contributed by atoms with Crippen LogP contribution in [0.5, 0.6) is 11.5 Å². The van der Waals surface area contributed by atoms with Crippen LogP contribution in [0.2, 0.25) is 0 Å². The van der Waals surface area contributed by atoms with E-state index >= 15 is 0 Å². The van der Waals surface area contributed by atoms with E-state index in [0.717, 1.165) is 30.0 Å². The lowest BCUT2D eigenvalue weighted by atomic mass is 10.2. The standard InChI is InChI=1S/C16H19NO2/c1-18-16-11-14(12-17)7-8-15(16)19-10-9-13-5-3-2-4-6-13/h2-8,11H,9-10,12,17H2,1H3/p+1. The average Bonchev–Trinajstić information content (AvgIpc) is 2.48. The number of methoxy groups -OCH3 is 1. The molecule has 3 nitrogen and oxygen atoms in total. The SMILES string of the molecule is COc1cc(C[NH3+])ccc1OCCc1ccccc1. The van der Waals surface area contributed by atoms with E-state index in [1.165, 1.54) is 5.56 Å². The number of ether oxygens (including phenoxy) is 2. The highest BCUT2D eigenvalue weighted by molar-refractivity contribution is 5.42. The maximum absolute atomic E-state index is 5.79. The second kappa shape index (κ2) is 6.81. The van der Waals surface area contributed by atoms with Gasteiger partial charge in [0.05, 0.1) is 20.3 Å². The Kier molecular flexibility index (Phi) is 4.81. The van der Waals surface area contributed by atoms with Crippen LogP contribution < -0.4 is 15.2 Å². The molecular formula is C16H20NO2+. The molecule has 0 bridgehead atoms. The summed E-state index contributed by atoms with van der Waals surface area (Å²) in [5, 5.41) is 0. The van der Waals surface area contributed by atoms with Crippen LogP contribution >= 0.6 is 0 Å². The fourth-order valence-electron chi connectivity index (χ4n) is 1.91. The fourth-order valence-corrected chi connectivity index (χ4v) is 1.91. The number of rotatable bonds is 6. The minimum absolute atomic E-state index is 0.643. The zero-order valence-corrected chi connectivity index (χ0v) is 11.3. The number of hydrogen-bond acceptors (Lipinski definition) is 2. The first kappa shape index (κ1) is 13.4. The Labute approximate surface area is 114 Å². The maximum Gasteiger partial charge on any atom is 0.161 e. The van der Waals surface area contributed by atoms with Gasteiger partial charge in [0.15, 0.2) is 11.5 Å². The molecule has 0 amide bonds. The van der Waals surface area contributed by atoms with Gasteiger partial charge in [-0.2, -0.15) is 0 Å². The van der Waals surface area contributed by atoms with E-state index in [2.05, 4.69) is 17.9 Å². The lowest BCUT2D eigenvalue weighted by Crippen LogP contribution is -2.47. The third-order valence-corrected chi connectivity index (χ3v) is 3.01. The van der Waals surface area contributed by atoms with Gasteiger partial charge in [0.2, 0.25) is 0 Å². The Morgan fingerprint density at radius 2 is 1.74 bits per heavy atom. The first-order valence-corrected chi connectivity index (χ1v) is 6.46. The minimum Gasteiger partial charge on any atom is -0.493 e. The summed E-state index contributed by atoms with van der Waals surface area (Å²) in [5.41, 5.74) is 6.29. The van der Waals surface area contributed by atoms with Crippen LogP contribution in [0, 0.1) is 0 Å². The van der Waals surface area contributed by atoms with Crippen molar-refractivity contribution in [3.05, 3.63) is 59.7 Å². The Morgan fingerprint density at radius 1 is 0.947 bits per heavy atom. The van der Waals surface area contributed by atoms with E-state index in [0.29, 0.717) is 6.61 Å². The van der Waals surface area contributed by atoms with E-state index in [1.807, 2.05) is 36.4 Å². The highest BCUT2D eigenvalue weighted by atomic mass is 16.5. The molecule has 100 valence electrons. The molecule has 0 aliphatic rings. The van der Waals surface area contributed by atoms with Gasteiger partial charge in [0.25, 0.3) is 0 Å². The van der Waals surface area contributed by atoms with Crippen molar-refractivity contribution < 1.29 is 15.2 Å². The van der Waals surface area contributed by atoms with Crippen molar-refractivity contribution in [2.24, 2.45) is 0 Å². The molecule has 2 rings (SSSR count). The summed E-state index contributed by atoms with van der Waals surface area (Å²) in [6.07, 6.45) is 0.890. The first-order chi connectivity index (χ1) is 9.33. The lowest BCUT2D eigenvalue weighted by Gasteiger charge is -2.11. The van der Waals surface area contributed by atoms with Crippen molar-refractivity contribution in [2.75, 3.05) is 13.7 Å². The van der Waals surface area contributed by atoms with Gasteiger partial charge in [0.1, 0.15) is 0 Å². The summed E-state index contributed by atoms with van der Waals surface area (Å²) in [6.45, 7) is 1.39. The molecule has 0 heterocycles. The Hall–Kier alpha value is -2.00. The van der Waals surface area contributed by atoms with Gasteiger partial charge >= 0.3 is 0 Å². The molecular weight excluding hydrogens is 238 g/mol. The molecule has 19 heavy (non-hydrogen) atoms. The zero-order valence-electron chi connectivity index (χ0n) is 11.3. The van der Waals surface area contributed by atoms with E-state index in [-0.39, 0.29) is 0 Å². The predicted molar refractivity (Wildman–Crippen MR) is 75.2 cm³/mol. The maximum atomic E-state index is 5.79. The molecule has 2 aromatic carbocycles. The summed E-state index contributed by atoms with van der Waals surface area (Å²) in [6, 6.07) is 16.3. The van der Waals surface area contributed by atoms with Crippen molar-refractivity contribution in [1.29, 1.82) is 0 Å². The van der Waals surface area contributed by atoms with Crippen molar-refractivity contribution >= 4 is 0 Å². The van der Waals surface area contributed by atoms with Crippen molar-refractivity contribution in [3.8, 4) is 11.5 Å². The molecule has 0 saturated carbocycles. The van der Waals surface area contributed by atoms with Crippen LogP contribution in [-0.4, -0.2) is 13.7 Å². The quantitative estimate of drug-likeness (QED) is 0.862. The van der Waals surface area contributed by atoms with Crippen LogP contribution in [0.3, 0.4) is 0 Å². The molecule has 0 aliphatic heterocycles. The second-order valence-corrected chi connectivity index (χ2v) is 4.32. The molecule has 0 saturated heterocycles. The number of hydrogen-bond donors (Lipinski definition) is 1. The molecule has 0 spiro atoms. The molecule has 0 aliphatic carbocycles. The summed E-state index contributed by atoms with van der Waals surface area (Å²) in [5.74, 6) is 1.56. The summed E-state index contributed by atoms with van der Waals surface area (Å²) in [7, 11) is 1.66. The smallest absolute Gasteiger partial charge is 0.161 e. The highest BCUT2D eigenvalue weighted by Crippen LogP contribution is 2.27. The van der Waals surface area contributed by atoms with Crippen molar-refractivity contribution in [3.63, 3.8) is 0 Å². The van der Waals surface area contributed by atoms with Crippen LogP contribution in [-0.2, 0) is 13.0 Å². The number of benzene rings is 2. The zero-order chi connectivity index (χ0) is 13.5. The van der Waals surface area contributed by atoms with Crippen molar-refractivity contribution in [2.45, 2.75) is 13.0 Å². The molecule has 0 aromatic heterocycles. The van der Waals surface area contributed by atoms with E-state index in [4.69, 9.17) is 9.47 Å². The topological polar surface area (TPSA) is 46.1 Å². The molecule has 0 radical (unpaired) electrons. The van der Waals surface area contributed by atoms with Gasteiger partial charge in [-0.3, -0.25) is 0 Å². The second-order valence-electron chi connectivity index (χ2n) is 4.32. The molecule has 3 N–H and O–H groups in total. The van der Waals surface area contributed by atoms with Gasteiger partial charge in [0, 0.05) is 12.0 Å². The Balaban J connectivity index is 1.96. The Morgan fingerprint density at radius 3 is 2.42 bits per heavy atom. The van der Waals surface area contributed by atoms with Gasteiger partial charge in [-0.25, -0.2) is 0 Å². The van der Waals surface area contributed by atoms with Crippen LogP contribution in [0.4, 0.5) is 0 Å². The lowest BCUT2D eigenvalue weighted by molar-refractivity contribution is -0.386. The average molecular weight is 258 g/mol. The minimum atomic E-state index is 0.643. The third kappa shape index (κ3) is 3.73. The molecule has 3 heteroatoms. The largest absolute Gasteiger partial charge is 0.493 e. The van der Waals surface area contributed by atoms with Gasteiger partial charge in [-0.1, -0.05) is 30.3 Å². The van der Waals surface area contributed by atoms with Crippen LogP contribution in [0.1, 0.15) is 11.1 Å². The Bertz CT molecular complexity index is 511. The predicted octanol–water partition coefficient (Wildman–Crippen LogP) is 2.06. The van der Waals surface area contributed by atoms with Gasteiger partial charge < -0.3 is 15.2 Å². The summed E-state index contributed by atoms with van der Waals surface area (Å²) >= 11 is 0.